The molecule has 0 amide bonds. The van der Waals surface area contributed by atoms with Gasteiger partial charge in [0.15, 0.2) is 11.6 Å². The summed E-state index contributed by atoms with van der Waals surface area (Å²) in [4.78, 5) is 3.59. The van der Waals surface area contributed by atoms with E-state index >= 15 is 0 Å². The molecule has 0 bridgehead atoms. The third-order valence-corrected chi connectivity index (χ3v) is 6.32. The van der Waals surface area contributed by atoms with Crippen LogP contribution in [0, 0.1) is 23.5 Å². The molecule has 3 nitrogen and oxygen atoms in total. The summed E-state index contributed by atoms with van der Waals surface area (Å²) >= 11 is 1.77. The zero-order valence-corrected chi connectivity index (χ0v) is 15.1. The quantitative estimate of drug-likeness (QED) is 0.777. The smallest absolute Gasteiger partial charge is 0.167 e. The maximum absolute atomic E-state index is 13.8. The first-order valence-electron chi connectivity index (χ1n) is 8.83. The van der Waals surface area contributed by atoms with Crippen LogP contribution in [0.3, 0.4) is 0 Å². The SMILES string of the molecule is Oc1ccc(SCN2C[C@H]3CC(Oc4ccc(F)cc4F)C[C@H]3C2)cc1. The van der Waals surface area contributed by atoms with Gasteiger partial charge in [-0.05, 0) is 61.1 Å². The summed E-state index contributed by atoms with van der Waals surface area (Å²) in [7, 11) is 0. The molecule has 0 spiro atoms. The molecule has 6 heteroatoms. The fraction of sp³-hybridized carbons (Fsp3) is 0.400. The minimum Gasteiger partial charge on any atom is -0.508 e. The van der Waals surface area contributed by atoms with Crippen LogP contribution in [0.25, 0.3) is 0 Å². The Labute approximate surface area is 156 Å². The van der Waals surface area contributed by atoms with Crippen molar-refractivity contribution in [1.29, 1.82) is 0 Å². The van der Waals surface area contributed by atoms with E-state index < -0.39 is 11.6 Å². The molecule has 1 saturated carbocycles. The van der Waals surface area contributed by atoms with Crippen LogP contribution < -0.4 is 4.74 Å². The molecule has 2 fully saturated rings. The van der Waals surface area contributed by atoms with E-state index in [2.05, 4.69) is 4.90 Å². The molecule has 1 aliphatic carbocycles. The summed E-state index contributed by atoms with van der Waals surface area (Å²) in [6, 6.07) is 10.7. The molecule has 2 aromatic carbocycles. The van der Waals surface area contributed by atoms with Gasteiger partial charge in [0, 0.05) is 29.9 Å². The highest BCUT2D eigenvalue weighted by Gasteiger charge is 2.41. The lowest BCUT2D eigenvalue weighted by atomic mass is 10.0. The second-order valence-corrected chi connectivity index (χ2v) is 8.13. The average Bonchev–Trinajstić information content (AvgIpc) is 3.15. The van der Waals surface area contributed by atoms with Crippen LogP contribution in [-0.2, 0) is 0 Å². The van der Waals surface area contributed by atoms with Crippen molar-refractivity contribution < 1.29 is 18.6 Å². The highest BCUT2D eigenvalue weighted by Crippen LogP contribution is 2.40. The van der Waals surface area contributed by atoms with Crippen LogP contribution in [0.1, 0.15) is 12.8 Å². The van der Waals surface area contributed by atoms with E-state index in [4.69, 9.17) is 4.74 Å². The number of hydrogen-bond acceptors (Lipinski definition) is 4. The number of hydrogen-bond donors (Lipinski definition) is 1. The normalized spacial score (nSPS) is 25.4. The molecule has 4 rings (SSSR count). The van der Waals surface area contributed by atoms with Crippen LogP contribution in [0.4, 0.5) is 8.78 Å². The zero-order valence-electron chi connectivity index (χ0n) is 14.3. The first-order valence-corrected chi connectivity index (χ1v) is 9.81. The molecule has 2 aliphatic rings. The molecule has 2 aromatic rings. The van der Waals surface area contributed by atoms with Gasteiger partial charge in [0.05, 0.1) is 6.10 Å². The minimum atomic E-state index is -0.631. The first kappa shape index (κ1) is 17.6. The molecule has 3 atom stereocenters. The second-order valence-electron chi connectivity index (χ2n) is 7.11. The third kappa shape index (κ3) is 3.96. The van der Waals surface area contributed by atoms with Gasteiger partial charge in [-0.15, -0.1) is 11.8 Å². The fourth-order valence-electron chi connectivity index (χ4n) is 4.00. The molecule has 1 aliphatic heterocycles. The van der Waals surface area contributed by atoms with E-state index in [9.17, 15) is 13.9 Å². The first-order chi connectivity index (χ1) is 12.6. The Balaban J connectivity index is 1.26. The number of aromatic hydroxyl groups is 1. The number of rotatable bonds is 5. The molecular weight excluding hydrogens is 356 g/mol. The molecule has 0 radical (unpaired) electrons. The topological polar surface area (TPSA) is 32.7 Å². The van der Waals surface area contributed by atoms with Gasteiger partial charge in [-0.1, -0.05) is 0 Å². The molecule has 138 valence electrons. The predicted molar refractivity (Wildman–Crippen MR) is 97.4 cm³/mol. The van der Waals surface area contributed by atoms with Crippen molar-refractivity contribution in [3.8, 4) is 11.5 Å². The van der Waals surface area contributed by atoms with Crippen molar-refractivity contribution in [2.45, 2.75) is 23.8 Å². The molecule has 26 heavy (non-hydrogen) atoms. The van der Waals surface area contributed by atoms with Crippen LogP contribution in [-0.4, -0.2) is 35.1 Å². The molecule has 1 heterocycles. The summed E-state index contributed by atoms with van der Waals surface area (Å²) < 4.78 is 32.5. The monoisotopic (exact) mass is 377 g/mol. The van der Waals surface area contributed by atoms with Crippen molar-refractivity contribution >= 4 is 11.8 Å². The van der Waals surface area contributed by atoms with E-state index in [0.717, 1.165) is 42.8 Å². The highest BCUT2D eigenvalue weighted by atomic mass is 32.2. The summed E-state index contributed by atoms with van der Waals surface area (Å²) in [5.74, 6) is 1.29. The van der Waals surface area contributed by atoms with E-state index in [-0.39, 0.29) is 17.6 Å². The van der Waals surface area contributed by atoms with Crippen molar-refractivity contribution in [3.63, 3.8) is 0 Å². The summed E-state index contributed by atoms with van der Waals surface area (Å²) in [6.07, 6.45) is 1.85. The molecule has 1 unspecified atom stereocenters. The lowest BCUT2D eigenvalue weighted by Crippen LogP contribution is -2.24. The Kier molecular flexibility index (Phi) is 5.05. The van der Waals surface area contributed by atoms with Gasteiger partial charge < -0.3 is 9.84 Å². The molecular formula is C20H21F2NO2S. The maximum Gasteiger partial charge on any atom is 0.167 e. The fourth-order valence-corrected chi connectivity index (χ4v) is 4.87. The number of likely N-dealkylation sites (tertiary alicyclic amines) is 1. The highest BCUT2D eigenvalue weighted by molar-refractivity contribution is 7.99. The van der Waals surface area contributed by atoms with Gasteiger partial charge in [0.2, 0.25) is 0 Å². The lowest BCUT2D eigenvalue weighted by Gasteiger charge is -2.19. The van der Waals surface area contributed by atoms with Gasteiger partial charge in [0.25, 0.3) is 0 Å². The van der Waals surface area contributed by atoms with Gasteiger partial charge in [-0.2, -0.15) is 0 Å². The summed E-state index contributed by atoms with van der Waals surface area (Å²) in [5, 5.41) is 9.33. The second kappa shape index (κ2) is 7.45. The summed E-state index contributed by atoms with van der Waals surface area (Å²) in [5.41, 5.74) is 0. The van der Waals surface area contributed by atoms with Gasteiger partial charge in [-0.3, -0.25) is 4.90 Å². The number of phenolic OH excluding ortho intramolecular Hbond substituents is 1. The maximum atomic E-state index is 13.8. The van der Waals surface area contributed by atoms with Crippen LogP contribution >= 0.6 is 11.8 Å². The Morgan fingerprint density at radius 1 is 1.04 bits per heavy atom. The van der Waals surface area contributed by atoms with Crippen molar-refractivity contribution in [2.75, 3.05) is 19.0 Å². The Bertz CT molecular complexity index is 757. The van der Waals surface area contributed by atoms with Crippen molar-refractivity contribution in [3.05, 3.63) is 54.1 Å². The van der Waals surface area contributed by atoms with Gasteiger partial charge in [-0.25, -0.2) is 8.78 Å². The number of ether oxygens (including phenoxy) is 1. The van der Waals surface area contributed by atoms with Crippen molar-refractivity contribution in [2.24, 2.45) is 11.8 Å². The van der Waals surface area contributed by atoms with E-state index in [1.165, 1.54) is 12.1 Å². The third-order valence-electron chi connectivity index (χ3n) is 5.22. The number of halogens is 2. The zero-order chi connectivity index (χ0) is 18.1. The number of fused-ring (bicyclic) bond motifs is 1. The number of phenols is 1. The average molecular weight is 377 g/mol. The van der Waals surface area contributed by atoms with E-state index in [1.54, 1.807) is 23.9 Å². The Hall–Kier alpha value is -1.79. The van der Waals surface area contributed by atoms with Gasteiger partial charge >= 0.3 is 0 Å². The largest absolute Gasteiger partial charge is 0.508 e. The number of nitrogens with zero attached hydrogens (tertiary/aromatic N) is 1. The van der Waals surface area contributed by atoms with E-state index in [1.807, 2.05) is 12.1 Å². The number of thioether (sulfide) groups is 1. The van der Waals surface area contributed by atoms with Crippen LogP contribution in [0.2, 0.25) is 0 Å². The van der Waals surface area contributed by atoms with Crippen LogP contribution in [0.15, 0.2) is 47.4 Å². The van der Waals surface area contributed by atoms with Gasteiger partial charge in [0.1, 0.15) is 11.6 Å². The molecule has 1 N–H and O–H groups in total. The van der Waals surface area contributed by atoms with E-state index in [0.29, 0.717) is 11.8 Å². The Morgan fingerprint density at radius 3 is 2.38 bits per heavy atom. The minimum absolute atomic E-state index is 0.0110. The standard InChI is InChI=1S/C20H21F2NO2S/c21-15-1-6-20(19(22)9-15)25-17-7-13-10-23(11-14(13)8-17)12-26-18-4-2-16(24)3-5-18/h1-6,9,13-14,17,24H,7-8,10-12H2/t13-,14+,17?. The lowest BCUT2D eigenvalue weighted by molar-refractivity contribution is 0.181. The predicted octanol–water partition coefficient (Wildman–Crippen LogP) is 4.51. The Morgan fingerprint density at radius 2 is 1.73 bits per heavy atom. The van der Waals surface area contributed by atoms with Crippen LogP contribution in [0.5, 0.6) is 11.5 Å². The molecule has 0 aromatic heterocycles. The number of benzene rings is 2. The van der Waals surface area contributed by atoms with Crippen molar-refractivity contribution in [1.82, 2.24) is 4.90 Å². The molecule has 1 saturated heterocycles. The summed E-state index contributed by atoms with van der Waals surface area (Å²) in [6.45, 7) is 2.06.